The highest BCUT2D eigenvalue weighted by Gasteiger charge is 2.22. The summed E-state index contributed by atoms with van der Waals surface area (Å²) in [4.78, 5) is 9.64. The number of hydrogen-bond donors (Lipinski definition) is 2. The van der Waals surface area contributed by atoms with Gasteiger partial charge in [-0.2, -0.15) is 0 Å². The Bertz CT molecular complexity index is 625. The maximum atomic E-state index is 6.27. The fraction of sp³-hybridized carbons (Fsp3) is 0.682. The molecule has 0 amide bonds. The predicted molar refractivity (Wildman–Crippen MR) is 125 cm³/mol. The van der Waals surface area contributed by atoms with Crippen LogP contribution >= 0.6 is 11.6 Å². The molecule has 1 saturated heterocycles. The molecule has 170 valence electrons. The Morgan fingerprint density at radius 1 is 1.30 bits per heavy atom. The number of halogens is 1. The van der Waals surface area contributed by atoms with Gasteiger partial charge in [-0.15, -0.1) is 0 Å². The van der Waals surface area contributed by atoms with Gasteiger partial charge in [0.1, 0.15) is 0 Å². The zero-order valence-electron chi connectivity index (χ0n) is 18.7. The van der Waals surface area contributed by atoms with Crippen LogP contribution in [-0.2, 0) is 9.47 Å². The van der Waals surface area contributed by atoms with Crippen molar-refractivity contribution in [3.63, 3.8) is 0 Å². The van der Waals surface area contributed by atoms with E-state index in [1.54, 1.807) is 7.11 Å². The van der Waals surface area contributed by atoms with Crippen LogP contribution in [0.25, 0.3) is 0 Å². The molecular formula is C22H38ClN5O2. The first-order chi connectivity index (χ1) is 14.6. The van der Waals surface area contributed by atoms with E-state index in [9.17, 15) is 0 Å². The number of aliphatic imine (C=N–C) groups is 1. The average Bonchev–Trinajstić information content (AvgIpc) is 2.75. The fourth-order valence-corrected chi connectivity index (χ4v) is 3.71. The molecule has 7 nitrogen and oxygen atoms in total. The van der Waals surface area contributed by atoms with Crippen molar-refractivity contribution in [1.82, 2.24) is 20.4 Å². The van der Waals surface area contributed by atoms with Crippen LogP contribution in [0.4, 0.5) is 0 Å². The number of rotatable bonds is 12. The molecular weight excluding hydrogens is 402 g/mol. The Hall–Kier alpha value is -1.38. The number of nitrogens with zero attached hydrogens (tertiary/aromatic N) is 3. The van der Waals surface area contributed by atoms with E-state index in [1.165, 1.54) is 5.56 Å². The van der Waals surface area contributed by atoms with Crippen molar-refractivity contribution in [2.24, 2.45) is 4.99 Å². The van der Waals surface area contributed by atoms with Crippen LogP contribution in [0.5, 0.6) is 0 Å². The number of guanidine groups is 1. The van der Waals surface area contributed by atoms with Gasteiger partial charge in [0, 0.05) is 58.0 Å². The zero-order chi connectivity index (χ0) is 21.6. The van der Waals surface area contributed by atoms with Gasteiger partial charge < -0.3 is 25.0 Å². The Morgan fingerprint density at radius 2 is 2.10 bits per heavy atom. The highest BCUT2D eigenvalue weighted by molar-refractivity contribution is 6.30. The second kappa shape index (κ2) is 14.6. The highest BCUT2D eigenvalue weighted by Crippen LogP contribution is 2.24. The normalized spacial score (nSPS) is 16.6. The Kier molecular flexibility index (Phi) is 12.1. The maximum Gasteiger partial charge on any atom is 0.191 e. The maximum absolute atomic E-state index is 6.27. The number of methoxy groups -OCH3 is 1. The molecule has 8 heteroatoms. The van der Waals surface area contributed by atoms with E-state index in [0.29, 0.717) is 6.54 Å². The van der Waals surface area contributed by atoms with E-state index in [2.05, 4.69) is 40.5 Å². The van der Waals surface area contributed by atoms with Crippen molar-refractivity contribution in [3.05, 3.63) is 34.9 Å². The summed E-state index contributed by atoms with van der Waals surface area (Å²) in [6, 6.07) is 8.29. The SMILES string of the molecule is CCNC(=NCC(c1cccc(Cl)c1)N1CCOCC1)NCCN(C)CCCOC. The number of ether oxygens (including phenoxy) is 2. The van der Waals surface area contributed by atoms with Crippen molar-refractivity contribution in [3.8, 4) is 0 Å². The molecule has 1 aliphatic heterocycles. The van der Waals surface area contributed by atoms with Gasteiger partial charge in [-0.1, -0.05) is 23.7 Å². The summed E-state index contributed by atoms with van der Waals surface area (Å²) in [7, 11) is 3.88. The van der Waals surface area contributed by atoms with Gasteiger partial charge >= 0.3 is 0 Å². The molecule has 0 saturated carbocycles. The molecule has 30 heavy (non-hydrogen) atoms. The summed E-state index contributed by atoms with van der Waals surface area (Å²) in [5, 5.41) is 7.58. The van der Waals surface area contributed by atoms with E-state index in [4.69, 9.17) is 26.1 Å². The van der Waals surface area contributed by atoms with Crippen molar-refractivity contribution in [2.75, 3.05) is 79.8 Å². The van der Waals surface area contributed by atoms with Gasteiger partial charge in [0.15, 0.2) is 5.96 Å². The van der Waals surface area contributed by atoms with Gasteiger partial charge in [-0.05, 0) is 38.1 Å². The molecule has 1 atom stereocenters. The van der Waals surface area contributed by atoms with Crippen LogP contribution < -0.4 is 10.6 Å². The number of morpholine rings is 1. The molecule has 1 aromatic rings. The van der Waals surface area contributed by atoms with E-state index >= 15 is 0 Å². The van der Waals surface area contributed by atoms with Crippen molar-refractivity contribution in [1.29, 1.82) is 0 Å². The monoisotopic (exact) mass is 439 g/mol. The molecule has 1 aliphatic rings. The summed E-state index contributed by atoms with van der Waals surface area (Å²) in [5.74, 6) is 0.850. The van der Waals surface area contributed by atoms with Crippen LogP contribution in [0.1, 0.15) is 24.9 Å². The molecule has 0 bridgehead atoms. The van der Waals surface area contributed by atoms with Crippen molar-refractivity contribution >= 4 is 17.6 Å². The van der Waals surface area contributed by atoms with E-state index in [-0.39, 0.29) is 6.04 Å². The molecule has 1 unspecified atom stereocenters. The first kappa shape index (κ1) is 24.9. The van der Waals surface area contributed by atoms with Gasteiger partial charge in [0.2, 0.25) is 0 Å². The van der Waals surface area contributed by atoms with Crippen LogP contribution in [0, 0.1) is 0 Å². The molecule has 0 radical (unpaired) electrons. The Morgan fingerprint density at radius 3 is 2.80 bits per heavy atom. The van der Waals surface area contributed by atoms with E-state index < -0.39 is 0 Å². The smallest absolute Gasteiger partial charge is 0.191 e. The van der Waals surface area contributed by atoms with Crippen LogP contribution in [0.2, 0.25) is 5.02 Å². The molecule has 0 aliphatic carbocycles. The standard InChI is InChI=1S/C22H38ClN5O2/c1-4-24-22(25-9-11-27(2)10-6-14-29-3)26-18-21(28-12-15-30-16-13-28)19-7-5-8-20(23)17-19/h5,7-8,17,21H,4,6,9-16,18H2,1-3H3,(H2,24,25,26). The third-order valence-electron chi connectivity index (χ3n) is 5.16. The molecule has 1 fully saturated rings. The first-order valence-electron chi connectivity index (χ1n) is 10.9. The van der Waals surface area contributed by atoms with Crippen LogP contribution in [0.3, 0.4) is 0 Å². The molecule has 1 aromatic carbocycles. The minimum absolute atomic E-state index is 0.180. The first-order valence-corrected chi connectivity index (χ1v) is 11.3. The summed E-state index contributed by atoms with van der Waals surface area (Å²) < 4.78 is 10.7. The Balaban J connectivity index is 1.96. The average molecular weight is 440 g/mol. The Labute approximate surface area is 186 Å². The zero-order valence-corrected chi connectivity index (χ0v) is 19.5. The minimum atomic E-state index is 0.180. The van der Waals surface area contributed by atoms with Gasteiger partial charge in [-0.25, -0.2) is 0 Å². The lowest BCUT2D eigenvalue weighted by Gasteiger charge is -2.34. The number of hydrogen-bond acceptors (Lipinski definition) is 5. The number of benzene rings is 1. The number of nitrogens with one attached hydrogen (secondary N) is 2. The quantitative estimate of drug-likeness (QED) is 0.296. The lowest BCUT2D eigenvalue weighted by atomic mass is 10.0. The molecule has 2 N–H and O–H groups in total. The topological polar surface area (TPSA) is 61.4 Å². The third kappa shape index (κ3) is 9.18. The largest absolute Gasteiger partial charge is 0.385 e. The van der Waals surface area contributed by atoms with Crippen LogP contribution in [-0.4, -0.2) is 95.6 Å². The lowest BCUT2D eigenvalue weighted by Crippen LogP contribution is -2.43. The van der Waals surface area contributed by atoms with E-state index in [1.807, 2.05) is 18.2 Å². The molecule has 0 spiro atoms. The molecule has 2 rings (SSSR count). The van der Waals surface area contributed by atoms with Crippen molar-refractivity contribution in [2.45, 2.75) is 19.4 Å². The number of likely N-dealkylation sites (N-methyl/N-ethyl adjacent to an activating group) is 1. The third-order valence-corrected chi connectivity index (χ3v) is 5.40. The second-order valence-electron chi connectivity index (χ2n) is 7.52. The van der Waals surface area contributed by atoms with Crippen LogP contribution in [0.15, 0.2) is 29.3 Å². The summed E-state index contributed by atoms with van der Waals surface area (Å²) in [5.41, 5.74) is 1.20. The minimum Gasteiger partial charge on any atom is -0.385 e. The van der Waals surface area contributed by atoms with E-state index in [0.717, 1.165) is 76.5 Å². The molecule has 0 aromatic heterocycles. The second-order valence-corrected chi connectivity index (χ2v) is 7.95. The van der Waals surface area contributed by atoms with Crippen molar-refractivity contribution < 1.29 is 9.47 Å². The lowest BCUT2D eigenvalue weighted by molar-refractivity contribution is 0.0180. The highest BCUT2D eigenvalue weighted by atomic mass is 35.5. The summed E-state index contributed by atoms with van der Waals surface area (Å²) in [6.07, 6.45) is 1.04. The fourth-order valence-electron chi connectivity index (χ4n) is 3.51. The molecule has 1 heterocycles. The van der Waals surface area contributed by atoms with Gasteiger partial charge in [-0.3, -0.25) is 9.89 Å². The van der Waals surface area contributed by atoms with Gasteiger partial charge in [0.05, 0.1) is 25.8 Å². The summed E-state index contributed by atoms with van der Waals surface area (Å²) >= 11 is 6.27. The predicted octanol–water partition coefficient (Wildman–Crippen LogP) is 2.24. The van der Waals surface area contributed by atoms with Gasteiger partial charge in [0.25, 0.3) is 0 Å². The summed E-state index contributed by atoms with van der Waals surface area (Å²) in [6.45, 7) is 10.5.